The van der Waals surface area contributed by atoms with E-state index in [1.54, 1.807) is 17.9 Å². The van der Waals surface area contributed by atoms with Gasteiger partial charge in [0.05, 0.1) is 18.0 Å². The molecule has 1 saturated heterocycles. The standard InChI is InChI=1S/C22H21N9O2/c1-28-10-23-21-19(28)22(32)31(11-24-21)9-17-26-20(27-33-17)18-14-7-30(8-15(14)18)13-3-4-16-12(5-13)6-25-29(16)2/h3-6,10-11,14-15,18H,7-9H2,1-2H3. The third-order valence-electron chi connectivity index (χ3n) is 7.08. The Kier molecular flexibility index (Phi) is 3.65. The van der Waals surface area contributed by atoms with Gasteiger partial charge in [-0.1, -0.05) is 5.16 Å². The molecule has 5 heterocycles. The summed E-state index contributed by atoms with van der Waals surface area (Å²) in [6.45, 7) is 2.15. The Labute approximate surface area is 187 Å². The van der Waals surface area contributed by atoms with Crippen LogP contribution in [0.25, 0.3) is 22.1 Å². The number of hydrogen-bond acceptors (Lipinski definition) is 8. The third-order valence-corrected chi connectivity index (χ3v) is 7.08. The Morgan fingerprint density at radius 3 is 2.79 bits per heavy atom. The predicted molar refractivity (Wildman–Crippen MR) is 119 cm³/mol. The molecule has 2 aliphatic rings. The molecule has 2 unspecified atom stereocenters. The fourth-order valence-corrected chi connectivity index (χ4v) is 5.27. The first-order valence-corrected chi connectivity index (χ1v) is 10.9. The van der Waals surface area contributed by atoms with Gasteiger partial charge in [0.25, 0.3) is 5.56 Å². The van der Waals surface area contributed by atoms with Gasteiger partial charge in [-0.15, -0.1) is 0 Å². The van der Waals surface area contributed by atoms with Crippen molar-refractivity contribution in [2.45, 2.75) is 12.5 Å². The van der Waals surface area contributed by atoms with Crippen LogP contribution in [0.1, 0.15) is 17.6 Å². The van der Waals surface area contributed by atoms with Gasteiger partial charge in [0.1, 0.15) is 12.9 Å². The summed E-state index contributed by atoms with van der Waals surface area (Å²) in [4.78, 5) is 28.1. The van der Waals surface area contributed by atoms with E-state index in [2.05, 4.69) is 48.3 Å². The average molecular weight is 443 g/mol. The van der Waals surface area contributed by atoms with E-state index in [4.69, 9.17) is 4.52 Å². The van der Waals surface area contributed by atoms with Gasteiger partial charge in [0.15, 0.2) is 17.0 Å². The smallest absolute Gasteiger partial charge is 0.280 e. The first-order valence-electron chi connectivity index (χ1n) is 10.9. The van der Waals surface area contributed by atoms with E-state index >= 15 is 0 Å². The van der Waals surface area contributed by atoms with Crippen molar-refractivity contribution in [2.24, 2.45) is 25.9 Å². The van der Waals surface area contributed by atoms with Crippen LogP contribution in [0.5, 0.6) is 0 Å². The van der Waals surface area contributed by atoms with Crippen molar-refractivity contribution < 1.29 is 4.52 Å². The van der Waals surface area contributed by atoms with Crippen LogP contribution >= 0.6 is 0 Å². The summed E-state index contributed by atoms with van der Waals surface area (Å²) in [6.07, 6.45) is 4.97. The Balaban J connectivity index is 1.06. The first kappa shape index (κ1) is 18.5. The second-order valence-electron chi connectivity index (χ2n) is 9.02. The van der Waals surface area contributed by atoms with Gasteiger partial charge in [-0.3, -0.25) is 14.0 Å². The highest BCUT2D eigenvalue weighted by atomic mass is 16.5. The van der Waals surface area contributed by atoms with E-state index in [-0.39, 0.29) is 12.1 Å². The van der Waals surface area contributed by atoms with Crippen molar-refractivity contribution in [1.82, 2.24) is 39.0 Å². The second-order valence-corrected chi connectivity index (χ2v) is 9.02. The van der Waals surface area contributed by atoms with Crippen molar-refractivity contribution >= 4 is 27.8 Å². The number of fused-ring (bicyclic) bond motifs is 3. The summed E-state index contributed by atoms with van der Waals surface area (Å²) in [7, 11) is 3.73. The molecule has 1 aromatic carbocycles. The monoisotopic (exact) mass is 443 g/mol. The Bertz CT molecular complexity index is 1580. The summed E-state index contributed by atoms with van der Waals surface area (Å²) >= 11 is 0. The van der Waals surface area contributed by atoms with Crippen molar-refractivity contribution in [3.63, 3.8) is 0 Å². The molecule has 4 aromatic heterocycles. The molecule has 0 bridgehead atoms. The minimum Gasteiger partial charge on any atom is -0.371 e. The SMILES string of the molecule is Cn1cnc2ncn(Cc3nc(C4C5CN(c6ccc7c(cnn7C)c6)CC54)no3)c(=O)c21. The maximum atomic E-state index is 12.7. The number of aromatic nitrogens is 8. The molecule has 0 radical (unpaired) electrons. The number of nitrogens with zero attached hydrogens (tertiary/aromatic N) is 9. The number of benzene rings is 1. The number of rotatable bonds is 4. The number of aryl methyl sites for hydroxylation is 2. The Hall–Kier alpha value is -4.02. The summed E-state index contributed by atoms with van der Waals surface area (Å²) in [5.41, 5.74) is 3.08. The predicted octanol–water partition coefficient (Wildman–Crippen LogP) is 1.30. The van der Waals surface area contributed by atoms with E-state index in [1.807, 2.05) is 17.9 Å². The molecule has 5 aromatic rings. The molecular formula is C22H21N9O2. The van der Waals surface area contributed by atoms with Crippen LogP contribution in [-0.4, -0.2) is 52.1 Å². The molecule has 11 heteroatoms. The van der Waals surface area contributed by atoms with E-state index in [9.17, 15) is 4.79 Å². The molecule has 2 fully saturated rings. The maximum absolute atomic E-state index is 12.7. The Morgan fingerprint density at radius 2 is 1.94 bits per heavy atom. The fourth-order valence-electron chi connectivity index (χ4n) is 5.27. The van der Waals surface area contributed by atoms with Crippen LogP contribution in [0.15, 0.2) is 46.4 Å². The van der Waals surface area contributed by atoms with E-state index < -0.39 is 0 Å². The molecule has 1 aliphatic carbocycles. The zero-order chi connectivity index (χ0) is 22.3. The minimum atomic E-state index is -0.177. The van der Waals surface area contributed by atoms with Crippen LogP contribution in [-0.2, 0) is 20.6 Å². The largest absolute Gasteiger partial charge is 0.371 e. The maximum Gasteiger partial charge on any atom is 0.280 e. The summed E-state index contributed by atoms with van der Waals surface area (Å²) in [6, 6.07) is 6.50. The summed E-state index contributed by atoms with van der Waals surface area (Å²) < 4.78 is 10.5. The Morgan fingerprint density at radius 1 is 1.12 bits per heavy atom. The molecule has 1 saturated carbocycles. The summed E-state index contributed by atoms with van der Waals surface area (Å²) in [5.74, 6) is 2.52. The van der Waals surface area contributed by atoms with Crippen molar-refractivity contribution in [1.29, 1.82) is 0 Å². The van der Waals surface area contributed by atoms with Gasteiger partial charge < -0.3 is 14.0 Å². The molecular weight excluding hydrogens is 422 g/mol. The lowest BCUT2D eigenvalue weighted by Gasteiger charge is -2.21. The lowest BCUT2D eigenvalue weighted by atomic mass is 10.2. The minimum absolute atomic E-state index is 0.177. The van der Waals surface area contributed by atoms with Gasteiger partial charge in [-0.2, -0.15) is 10.1 Å². The number of hydrogen-bond donors (Lipinski definition) is 0. The van der Waals surface area contributed by atoms with Crippen LogP contribution in [0.4, 0.5) is 5.69 Å². The normalized spacial score (nSPS) is 21.9. The van der Waals surface area contributed by atoms with Gasteiger partial charge in [-0.05, 0) is 30.0 Å². The van der Waals surface area contributed by atoms with Crippen molar-refractivity contribution in [2.75, 3.05) is 18.0 Å². The van der Waals surface area contributed by atoms with E-state index in [0.29, 0.717) is 34.8 Å². The lowest BCUT2D eigenvalue weighted by Crippen LogP contribution is -2.23. The fraction of sp³-hybridized carbons (Fsp3) is 0.364. The quantitative estimate of drug-likeness (QED) is 0.409. The molecule has 11 nitrogen and oxygen atoms in total. The van der Waals surface area contributed by atoms with Crippen LogP contribution < -0.4 is 10.5 Å². The molecule has 1 aliphatic heterocycles. The van der Waals surface area contributed by atoms with Gasteiger partial charge >= 0.3 is 0 Å². The van der Waals surface area contributed by atoms with Gasteiger partial charge in [0.2, 0.25) is 5.89 Å². The third kappa shape index (κ3) is 2.74. The van der Waals surface area contributed by atoms with Crippen molar-refractivity contribution in [3.05, 3.63) is 59.1 Å². The lowest BCUT2D eigenvalue weighted by molar-refractivity contribution is 0.363. The molecule has 0 spiro atoms. The highest BCUT2D eigenvalue weighted by molar-refractivity contribution is 5.82. The van der Waals surface area contributed by atoms with Gasteiger partial charge in [-0.25, -0.2) is 9.97 Å². The van der Waals surface area contributed by atoms with Crippen molar-refractivity contribution in [3.8, 4) is 0 Å². The number of imidazole rings is 1. The average Bonchev–Trinajstić information content (AvgIpc) is 3.35. The first-order chi connectivity index (χ1) is 16.1. The summed E-state index contributed by atoms with van der Waals surface area (Å²) in [5, 5.41) is 9.72. The van der Waals surface area contributed by atoms with E-state index in [0.717, 1.165) is 29.8 Å². The van der Waals surface area contributed by atoms with Crippen LogP contribution in [0, 0.1) is 11.8 Å². The van der Waals surface area contributed by atoms with Crippen LogP contribution in [0.3, 0.4) is 0 Å². The number of piperidine rings is 1. The van der Waals surface area contributed by atoms with E-state index in [1.165, 1.54) is 16.6 Å². The number of anilines is 1. The highest BCUT2D eigenvalue weighted by Gasteiger charge is 2.58. The molecule has 0 amide bonds. The topological polar surface area (TPSA) is 113 Å². The molecule has 2 atom stereocenters. The molecule has 33 heavy (non-hydrogen) atoms. The molecule has 0 N–H and O–H groups in total. The molecule has 166 valence electrons. The highest BCUT2D eigenvalue weighted by Crippen LogP contribution is 2.58. The van der Waals surface area contributed by atoms with Gasteiger partial charge in [0, 0.05) is 44.2 Å². The zero-order valence-corrected chi connectivity index (χ0v) is 18.2. The van der Waals surface area contributed by atoms with Crippen LogP contribution in [0.2, 0.25) is 0 Å². The second kappa shape index (κ2) is 6.50. The molecule has 7 rings (SSSR count). The zero-order valence-electron chi connectivity index (χ0n) is 18.2.